The zero-order chi connectivity index (χ0) is 11.8. The van der Waals surface area contributed by atoms with Gasteiger partial charge in [-0.25, -0.2) is 0 Å². The van der Waals surface area contributed by atoms with Crippen molar-refractivity contribution in [2.45, 2.75) is 19.8 Å². The molecule has 0 aliphatic heterocycles. The van der Waals surface area contributed by atoms with Crippen molar-refractivity contribution in [2.75, 3.05) is 18.5 Å². The van der Waals surface area contributed by atoms with Crippen LogP contribution in [-0.4, -0.2) is 18.5 Å². The number of halogens is 2. The summed E-state index contributed by atoms with van der Waals surface area (Å²) in [4.78, 5) is 0. The molecular formula is C13H18Br2O. The molecule has 1 aromatic rings. The molecule has 16 heavy (non-hydrogen) atoms. The molecule has 0 radical (unpaired) electrons. The Kier molecular flexibility index (Phi) is 7.33. The SMILES string of the molecule is CCOCCC(CBr)Cc1cccc(Br)c1. The van der Waals surface area contributed by atoms with Crippen molar-refractivity contribution in [2.24, 2.45) is 5.92 Å². The van der Waals surface area contributed by atoms with Gasteiger partial charge in [0.15, 0.2) is 0 Å². The highest BCUT2D eigenvalue weighted by atomic mass is 79.9. The largest absolute Gasteiger partial charge is 0.382 e. The molecule has 0 bridgehead atoms. The van der Waals surface area contributed by atoms with E-state index in [0.29, 0.717) is 5.92 Å². The Morgan fingerprint density at radius 3 is 2.81 bits per heavy atom. The second-order valence-corrected chi connectivity index (χ2v) is 5.40. The van der Waals surface area contributed by atoms with Crippen LogP contribution < -0.4 is 0 Å². The minimum absolute atomic E-state index is 0.654. The molecule has 0 aliphatic rings. The molecule has 0 saturated carbocycles. The second-order valence-electron chi connectivity index (χ2n) is 3.84. The maximum atomic E-state index is 5.40. The average Bonchev–Trinajstić information content (AvgIpc) is 2.28. The zero-order valence-corrected chi connectivity index (χ0v) is 12.8. The number of rotatable bonds is 7. The minimum atomic E-state index is 0.654. The van der Waals surface area contributed by atoms with Crippen LogP contribution in [0.4, 0.5) is 0 Å². The van der Waals surface area contributed by atoms with Crippen molar-refractivity contribution in [1.82, 2.24) is 0 Å². The van der Waals surface area contributed by atoms with E-state index in [1.807, 2.05) is 6.92 Å². The maximum Gasteiger partial charge on any atom is 0.0468 e. The third kappa shape index (κ3) is 5.46. The van der Waals surface area contributed by atoms with Gasteiger partial charge in [-0.05, 0) is 43.4 Å². The fraction of sp³-hybridized carbons (Fsp3) is 0.538. The number of hydrogen-bond donors (Lipinski definition) is 0. The summed E-state index contributed by atoms with van der Waals surface area (Å²) in [6.07, 6.45) is 2.23. The van der Waals surface area contributed by atoms with Crippen LogP contribution in [0, 0.1) is 5.92 Å². The van der Waals surface area contributed by atoms with Gasteiger partial charge >= 0.3 is 0 Å². The zero-order valence-electron chi connectivity index (χ0n) is 9.59. The molecule has 0 heterocycles. The Morgan fingerprint density at radius 2 is 2.19 bits per heavy atom. The lowest BCUT2D eigenvalue weighted by molar-refractivity contribution is 0.134. The van der Waals surface area contributed by atoms with Crippen molar-refractivity contribution in [3.8, 4) is 0 Å². The highest BCUT2D eigenvalue weighted by Crippen LogP contribution is 2.18. The normalized spacial score (nSPS) is 12.7. The van der Waals surface area contributed by atoms with Gasteiger partial charge in [0, 0.05) is 23.0 Å². The van der Waals surface area contributed by atoms with Crippen LogP contribution in [0.25, 0.3) is 0 Å². The maximum absolute atomic E-state index is 5.40. The van der Waals surface area contributed by atoms with Gasteiger partial charge in [0.05, 0.1) is 0 Å². The number of alkyl halides is 1. The van der Waals surface area contributed by atoms with E-state index in [9.17, 15) is 0 Å². The number of hydrogen-bond acceptors (Lipinski definition) is 1. The molecule has 0 saturated heterocycles. The molecule has 0 aromatic heterocycles. The third-order valence-corrected chi connectivity index (χ3v) is 3.92. The van der Waals surface area contributed by atoms with Crippen LogP contribution in [0.2, 0.25) is 0 Å². The number of ether oxygens (including phenoxy) is 1. The van der Waals surface area contributed by atoms with Crippen LogP contribution in [0.5, 0.6) is 0 Å². The first-order valence-electron chi connectivity index (χ1n) is 5.64. The summed E-state index contributed by atoms with van der Waals surface area (Å²) >= 11 is 7.08. The van der Waals surface area contributed by atoms with Crippen LogP contribution in [0.15, 0.2) is 28.7 Å². The van der Waals surface area contributed by atoms with E-state index in [1.165, 1.54) is 5.56 Å². The van der Waals surface area contributed by atoms with Gasteiger partial charge in [0.25, 0.3) is 0 Å². The summed E-state index contributed by atoms with van der Waals surface area (Å²) in [5.41, 5.74) is 1.38. The minimum Gasteiger partial charge on any atom is -0.382 e. The van der Waals surface area contributed by atoms with Crippen molar-refractivity contribution < 1.29 is 4.74 Å². The molecule has 90 valence electrons. The fourth-order valence-electron chi connectivity index (χ4n) is 1.63. The highest BCUT2D eigenvalue weighted by molar-refractivity contribution is 9.10. The molecule has 0 fully saturated rings. The molecule has 0 N–H and O–H groups in total. The molecular weight excluding hydrogens is 332 g/mol. The molecule has 3 heteroatoms. The second kappa shape index (κ2) is 8.26. The standard InChI is InChI=1S/C13H18Br2O/c1-2-16-7-6-12(10-14)8-11-4-3-5-13(15)9-11/h3-5,9,12H,2,6-8,10H2,1H3. The smallest absolute Gasteiger partial charge is 0.0468 e. The van der Waals surface area contributed by atoms with Crippen LogP contribution in [-0.2, 0) is 11.2 Å². The lowest BCUT2D eigenvalue weighted by Gasteiger charge is -2.14. The Morgan fingerprint density at radius 1 is 1.38 bits per heavy atom. The summed E-state index contributed by atoms with van der Waals surface area (Å²) in [6, 6.07) is 8.53. The van der Waals surface area contributed by atoms with E-state index in [1.54, 1.807) is 0 Å². The molecule has 1 unspecified atom stereocenters. The summed E-state index contributed by atoms with van der Waals surface area (Å²) in [5, 5.41) is 1.03. The summed E-state index contributed by atoms with van der Waals surface area (Å²) in [6.45, 7) is 3.71. The fourth-order valence-corrected chi connectivity index (χ4v) is 2.62. The van der Waals surface area contributed by atoms with Gasteiger partial charge in [-0.15, -0.1) is 0 Å². The van der Waals surface area contributed by atoms with Crippen molar-refractivity contribution >= 4 is 31.9 Å². The Balaban J connectivity index is 2.43. The first kappa shape index (κ1) is 14.2. The third-order valence-electron chi connectivity index (χ3n) is 2.51. The molecule has 0 spiro atoms. The monoisotopic (exact) mass is 348 g/mol. The predicted octanol–water partition coefficient (Wildman–Crippen LogP) is 4.43. The molecule has 1 rings (SSSR count). The van der Waals surface area contributed by atoms with Crippen molar-refractivity contribution in [1.29, 1.82) is 0 Å². The Hall–Kier alpha value is 0.140. The summed E-state index contributed by atoms with van der Waals surface area (Å²) in [5.74, 6) is 0.654. The van der Waals surface area contributed by atoms with E-state index in [2.05, 4.69) is 56.1 Å². The summed E-state index contributed by atoms with van der Waals surface area (Å²) < 4.78 is 6.55. The predicted molar refractivity (Wildman–Crippen MR) is 76.2 cm³/mol. The van der Waals surface area contributed by atoms with E-state index < -0.39 is 0 Å². The van der Waals surface area contributed by atoms with Crippen LogP contribution in [0.3, 0.4) is 0 Å². The quantitative estimate of drug-likeness (QED) is 0.522. The van der Waals surface area contributed by atoms with Crippen molar-refractivity contribution in [3.63, 3.8) is 0 Å². The van der Waals surface area contributed by atoms with Gasteiger partial charge in [0.1, 0.15) is 0 Å². The van der Waals surface area contributed by atoms with Gasteiger partial charge in [-0.2, -0.15) is 0 Å². The molecule has 1 aromatic carbocycles. The first-order valence-corrected chi connectivity index (χ1v) is 7.55. The Bertz CT molecular complexity index is 302. The van der Waals surface area contributed by atoms with E-state index >= 15 is 0 Å². The summed E-state index contributed by atoms with van der Waals surface area (Å²) in [7, 11) is 0. The molecule has 0 amide bonds. The van der Waals surface area contributed by atoms with Gasteiger partial charge < -0.3 is 4.74 Å². The molecule has 1 atom stereocenters. The average molecular weight is 350 g/mol. The Labute approximate surface area is 115 Å². The van der Waals surface area contributed by atoms with Gasteiger partial charge in [0.2, 0.25) is 0 Å². The van der Waals surface area contributed by atoms with Crippen molar-refractivity contribution in [3.05, 3.63) is 34.3 Å². The van der Waals surface area contributed by atoms with E-state index in [4.69, 9.17) is 4.74 Å². The van der Waals surface area contributed by atoms with Gasteiger partial charge in [-0.1, -0.05) is 44.0 Å². The first-order chi connectivity index (χ1) is 7.76. The topological polar surface area (TPSA) is 9.23 Å². The van der Waals surface area contributed by atoms with Crippen LogP contribution >= 0.6 is 31.9 Å². The molecule has 0 aliphatic carbocycles. The van der Waals surface area contributed by atoms with E-state index in [-0.39, 0.29) is 0 Å². The number of benzene rings is 1. The molecule has 1 nitrogen and oxygen atoms in total. The van der Waals surface area contributed by atoms with Crippen LogP contribution in [0.1, 0.15) is 18.9 Å². The van der Waals surface area contributed by atoms with E-state index in [0.717, 1.165) is 35.9 Å². The highest BCUT2D eigenvalue weighted by Gasteiger charge is 2.08. The lowest BCUT2D eigenvalue weighted by atomic mass is 9.98. The van der Waals surface area contributed by atoms with Gasteiger partial charge in [-0.3, -0.25) is 0 Å². The lowest BCUT2D eigenvalue weighted by Crippen LogP contribution is -2.10.